The number of hydrogen-bond acceptors (Lipinski definition) is 2. The molecule has 0 saturated carbocycles. The first-order chi connectivity index (χ1) is 5.13. The van der Waals surface area contributed by atoms with E-state index in [9.17, 15) is 4.79 Å². The highest BCUT2D eigenvalue weighted by Gasteiger charge is 2.30. The molecule has 0 aromatic rings. The molecule has 1 atom stereocenters. The highest BCUT2D eigenvalue weighted by atomic mass is 16.1. The summed E-state index contributed by atoms with van der Waals surface area (Å²) in [7, 11) is 0. The van der Waals surface area contributed by atoms with Gasteiger partial charge in [-0.2, -0.15) is 0 Å². The standard InChI is InChI=1S/C8H16N2O/c1-6(2)10-5-3-4-7(10)8(9)11/h6-7H,3-5H2,1-2H3,(H2,9,11)/t7-/m0/s1. The predicted octanol–water partition coefficient (Wildman–Crippen LogP) is 0.345. The molecule has 1 rings (SSSR count). The lowest BCUT2D eigenvalue weighted by atomic mass is 10.2. The second-order valence-corrected chi connectivity index (χ2v) is 3.39. The summed E-state index contributed by atoms with van der Waals surface area (Å²) in [4.78, 5) is 13.1. The van der Waals surface area contributed by atoms with Crippen LogP contribution in [-0.2, 0) is 4.79 Å². The van der Waals surface area contributed by atoms with Crippen LogP contribution in [0.4, 0.5) is 0 Å². The van der Waals surface area contributed by atoms with Crippen LogP contribution in [0.1, 0.15) is 26.7 Å². The number of carbonyl (C=O) groups excluding carboxylic acids is 1. The molecule has 0 bridgehead atoms. The molecule has 1 aliphatic heterocycles. The molecule has 64 valence electrons. The van der Waals surface area contributed by atoms with Gasteiger partial charge in [-0.1, -0.05) is 0 Å². The van der Waals surface area contributed by atoms with E-state index in [-0.39, 0.29) is 11.9 Å². The molecule has 0 spiro atoms. The van der Waals surface area contributed by atoms with Gasteiger partial charge in [0.25, 0.3) is 0 Å². The van der Waals surface area contributed by atoms with E-state index in [1.165, 1.54) is 0 Å². The van der Waals surface area contributed by atoms with E-state index in [0.717, 1.165) is 19.4 Å². The lowest BCUT2D eigenvalue weighted by molar-refractivity contribution is -0.122. The van der Waals surface area contributed by atoms with Crippen molar-refractivity contribution in [2.75, 3.05) is 6.54 Å². The van der Waals surface area contributed by atoms with Crippen molar-refractivity contribution in [2.24, 2.45) is 5.73 Å². The number of amides is 1. The fourth-order valence-corrected chi connectivity index (χ4v) is 1.71. The molecule has 0 radical (unpaired) electrons. The number of nitrogens with two attached hydrogens (primary N) is 1. The normalized spacial score (nSPS) is 26.3. The number of carbonyl (C=O) groups is 1. The molecular formula is C8H16N2O. The van der Waals surface area contributed by atoms with Crippen LogP contribution in [0.5, 0.6) is 0 Å². The summed E-state index contributed by atoms with van der Waals surface area (Å²) in [6.45, 7) is 5.22. The summed E-state index contributed by atoms with van der Waals surface area (Å²) in [5.74, 6) is -0.170. The van der Waals surface area contributed by atoms with Crippen molar-refractivity contribution in [3.8, 4) is 0 Å². The highest BCUT2D eigenvalue weighted by Crippen LogP contribution is 2.18. The molecule has 1 heterocycles. The Morgan fingerprint density at radius 3 is 2.64 bits per heavy atom. The molecule has 1 fully saturated rings. The Balaban J connectivity index is 2.58. The second kappa shape index (κ2) is 3.22. The molecule has 3 heteroatoms. The maximum absolute atomic E-state index is 10.9. The Labute approximate surface area is 67.5 Å². The summed E-state index contributed by atoms with van der Waals surface area (Å²) in [6.07, 6.45) is 2.04. The van der Waals surface area contributed by atoms with Crippen molar-refractivity contribution < 1.29 is 4.79 Å². The largest absolute Gasteiger partial charge is 0.368 e. The molecule has 0 aromatic heterocycles. The van der Waals surface area contributed by atoms with Gasteiger partial charge in [-0.3, -0.25) is 9.69 Å². The van der Waals surface area contributed by atoms with Gasteiger partial charge in [-0.25, -0.2) is 0 Å². The van der Waals surface area contributed by atoms with Gasteiger partial charge in [0.1, 0.15) is 0 Å². The highest BCUT2D eigenvalue weighted by molar-refractivity contribution is 5.80. The van der Waals surface area contributed by atoms with Gasteiger partial charge < -0.3 is 5.73 Å². The molecule has 11 heavy (non-hydrogen) atoms. The number of hydrogen-bond donors (Lipinski definition) is 1. The number of primary amides is 1. The maximum atomic E-state index is 10.9. The van der Waals surface area contributed by atoms with E-state index in [0.29, 0.717) is 6.04 Å². The van der Waals surface area contributed by atoms with E-state index in [1.54, 1.807) is 0 Å². The van der Waals surface area contributed by atoms with E-state index >= 15 is 0 Å². The average Bonchev–Trinajstić information content (AvgIpc) is 2.32. The smallest absolute Gasteiger partial charge is 0.234 e. The Morgan fingerprint density at radius 2 is 2.27 bits per heavy atom. The summed E-state index contributed by atoms with van der Waals surface area (Å²) in [5.41, 5.74) is 5.25. The summed E-state index contributed by atoms with van der Waals surface area (Å²) in [5, 5.41) is 0. The topological polar surface area (TPSA) is 46.3 Å². The van der Waals surface area contributed by atoms with Gasteiger partial charge in [0.2, 0.25) is 5.91 Å². The van der Waals surface area contributed by atoms with Crippen LogP contribution in [0.25, 0.3) is 0 Å². The first-order valence-electron chi connectivity index (χ1n) is 4.18. The Bertz CT molecular complexity index is 156. The molecule has 0 unspecified atom stereocenters. The van der Waals surface area contributed by atoms with Crippen LogP contribution in [0.15, 0.2) is 0 Å². The van der Waals surface area contributed by atoms with Crippen molar-refractivity contribution in [3.05, 3.63) is 0 Å². The molecule has 1 saturated heterocycles. The predicted molar refractivity (Wildman–Crippen MR) is 44.1 cm³/mol. The number of rotatable bonds is 2. The summed E-state index contributed by atoms with van der Waals surface area (Å²) in [6, 6.07) is 0.435. The van der Waals surface area contributed by atoms with Crippen LogP contribution in [0.3, 0.4) is 0 Å². The van der Waals surface area contributed by atoms with E-state index in [2.05, 4.69) is 18.7 Å². The fraction of sp³-hybridized carbons (Fsp3) is 0.875. The monoisotopic (exact) mass is 156 g/mol. The Hall–Kier alpha value is -0.570. The molecule has 1 amide bonds. The Morgan fingerprint density at radius 1 is 1.64 bits per heavy atom. The van der Waals surface area contributed by atoms with Crippen LogP contribution in [0.2, 0.25) is 0 Å². The lowest BCUT2D eigenvalue weighted by Crippen LogP contribution is -2.43. The van der Waals surface area contributed by atoms with E-state index in [1.807, 2.05) is 0 Å². The molecular weight excluding hydrogens is 140 g/mol. The Kier molecular flexibility index (Phi) is 2.49. The minimum absolute atomic E-state index is 0.00463. The molecule has 2 N–H and O–H groups in total. The zero-order valence-electron chi connectivity index (χ0n) is 7.21. The minimum Gasteiger partial charge on any atom is -0.368 e. The van der Waals surface area contributed by atoms with Gasteiger partial charge in [0.05, 0.1) is 6.04 Å². The second-order valence-electron chi connectivity index (χ2n) is 3.39. The number of likely N-dealkylation sites (tertiary alicyclic amines) is 1. The fourth-order valence-electron chi connectivity index (χ4n) is 1.71. The first-order valence-corrected chi connectivity index (χ1v) is 4.18. The SMILES string of the molecule is CC(C)N1CCC[C@H]1C(N)=O. The lowest BCUT2D eigenvalue weighted by Gasteiger charge is -2.25. The van der Waals surface area contributed by atoms with Crippen molar-refractivity contribution >= 4 is 5.91 Å². The van der Waals surface area contributed by atoms with E-state index in [4.69, 9.17) is 5.73 Å². The van der Waals surface area contributed by atoms with Gasteiger partial charge in [-0.15, -0.1) is 0 Å². The quantitative estimate of drug-likeness (QED) is 0.627. The number of nitrogens with zero attached hydrogens (tertiary/aromatic N) is 1. The van der Waals surface area contributed by atoms with Crippen molar-refractivity contribution in [1.82, 2.24) is 4.90 Å². The average molecular weight is 156 g/mol. The van der Waals surface area contributed by atoms with Crippen LogP contribution < -0.4 is 5.73 Å². The van der Waals surface area contributed by atoms with Crippen LogP contribution in [0, 0.1) is 0 Å². The summed E-state index contributed by atoms with van der Waals surface area (Å²) < 4.78 is 0. The first kappa shape index (κ1) is 8.53. The van der Waals surface area contributed by atoms with Crippen molar-refractivity contribution in [1.29, 1.82) is 0 Å². The third-order valence-electron chi connectivity index (χ3n) is 2.29. The van der Waals surface area contributed by atoms with Gasteiger partial charge in [0.15, 0.2) is 0 Å². The van der Waals surface area contributed by atoms with E-state index < -0.39 is 0 Å². The zero-order chi connectivity index (χ0) is 8.43. The zero-order valence-corrected chi connectivity index (χ0v) is 7.21. The minimum atomic E-state index is -0.170. The van der Waals surface area contributed by atoms with Crippen LogP contribution >= 0.6 is 0 Å². The molecule has 1 aliphatic rings. The van der Waals surface area contributed by atoms with Crippen molar-refractivity contribution in [3.63, 3.8) is 0 Å². The maximum Gasteiger partial charge on any atom is 0.234 e. The van der Waals surface area contributed by atoms with Gasteiger partial charge in [0, 0.05) is 6.04 Å². The van der Waals surface area contributed by atoms with Crippen molar-refractivity contribution in [2.45, 2.75) is 38.8 Å². The molecule has 0 aliphatic carbocycles. The van der Waals surface area contributed by atoms with Gasteiger partial charge >= 0.3 is 0 Å². The molecule has 3 nitrogen and oxygen atoms in total. The molecule has 0 aromatic carbocycles. The third kappa shape index (κ3) is 1.71. The van der Waals surface area contributed by atoms with Gasteiger partial charge in [-0.05, 0) is 33.2 Å². The van der Waals surface area contributed by atoms with Crippen LogP contribution in [-0.4, -0.2) is 29.4 Å². The third-order valence-corrected chi connectivity index (χ3v) is 2.29. The summed E-state index contributed by atoms with van der Waals surface area (Å²) >= 11 is 0.